The minimum absolute atomic E-state index is 0.659. The van der Waals surface area contributed by atoms with Gasteiger partial charge in [0, 0.05) is 42.1 Å². The molecule has 1 aliphatic heterocycles. The van der Waals surface area contributed by atoms with E-state index in [4.69, 9.17) is 4.74 Å². The van der Waals surface area contributed by atoms with E-state index in [2.05, 4.69) is 177 Å². The molecule has 3 aliphatic rings. The second-order valence-electron chi connectivity index (χ2n) is 14.5. The van der Waals surface area contributed by atoms with E-state index in [-0.39, 0.29) is 0 Å². The normalized spacial score (nSPS) is 15.2. The fraction of sp³-hybridized carbons (Fsp3) is 0.157. The van der Waals surface area contributed by atoms with Gasteiger partial charge in [-0.1, -0.05) is 79.4 Å². The maximum absolute atomic E-state index is 6.79. The second-order valence-corrected chi connectivity index (χ2v) is 14.5. The molecule has 3 nitrogen and oxygen atoms in total. The van der Waals surface area contributed by atoms with Gasteiger partial charge in [0.2, 0.25) is 5.71 Å². The van der Waals surface area contributed by atoms with Crippen molar-refractivity contribution < 1.29 is 9.31 Å². The third-order valence-electron chi connectivity index (χ3n) is 11.7. The predicted octanol–water partition coefficient (Wildman–Crippen LogP) is 9.68. The Hall–Kier alpha value is -6.19. The topological polar surface area (TPSA) is 15.5 Å². The van der Waals surface area contributed by atoms with Crippen molar-refractivity contribution in [1.82, 2.24) is 0 Å². The monoisotopic (exact) mass is 701 g/mol. The molecular formula is C51H45N2O+. The Morgan fingerprint density at radius 3 is 2.15 bits per heavy atom. The zero-order valence-corrected chi connectivity index (χ0v) is 31.4. The van der Waals surface area contributed by atoms with Crippen LogP contribution in [0.15, 0.2) is 147 Å². The number of nitrogens with zero attached hydrogens (tertiary/aromatic N) is 2. The van der Waals surface area contributed by atoms with Crippen LogP contribution in [0.1, 0.15) is 58.4 Å². The summed E-state index contributed by atoms with van der Waals surface area (Å²) in [5.41, 5.74) is 12.8. The molecule has 9 rings (SSSR count). The van der Waals surface area contributed by atoms with Crippen LogP contribution in [0, 0.1) is 6.92 Å². The van der Waals surface area contributed by atoms with E-state index in [1.54, 1.807) is 0 Å². The average Bonchev–Trinajstić information content (AvgIpc) is 3.21. The molecule has 1 spiro atoms. The van der Waals surface area contributed by atoms with Gasteiger partial charge in [0.05, 0.1) is 5.41 Å². The number of hydrogen-bond donors (Lipinski definition) is 0. The number of likely N-dealkylation sites (N-methyl/N-ethyl adjacent to an activating group) is 2. The maximum atomic E-state index is 6.79. The van der Waals surface area contributed by atoms with Gasteiger partial charge >= 0.3 is 0 Å². The van der Waals surface area contributed by atoms with Gasteiger partial charge in [-0.3, -0.25) is 0 Å². The van der Waals surface area contributed by atoms with Crippen molar-refractivity contribution in [3.05, 3.63) is 202 Å². The first-order valence-corrected chi connectivity index (χ1v) is 19.2. The van der Waals surface area contributed by atoms with E-state index >= 15 is 0 Å². The van der Waals surface area contributed by atoms with Crippen LogP contribution in [0.2, 0.25) is 0 Å². The number of ether oxygens (including phenoxy) is 1. The molecule has 0 fully saturated rings. The van der Waals surface area contributed by atoms with Crippen molar-refractivity contribution in [1.29, 1.82) is 0 Å². The summed E-state index contributed by atoms with van der Waals surface area (Å²) in [7, 11) is 0. The molecule has 6 aromatic carbocycles. The van der Waals surface area contributed by atoms with Gasteiger partial charge in [0.15, 0.2) is 6.54 Å². The van der Waals surface area contributed by atoms with E-state index in [0.29, 0.717) is 0 Å². The second kappa shape index (κ2) is 13.3. The quantitative estimate of drug-likeness (QED) is 0.116. The van der Waals surface area contributed by atoms with E-state index in [1.165, 1.54) is 71.6 Å². The number of rotatable bonds is 8. The van der Waals surface area contributed by atoms with Crippen molar-refractivity contribution >= 4 is 39.9 Å². The predicted molar refractivity (Wildman–Crippen MR) is 227 cm³/mol. The summed E-state index contributed by atoms with van der Waals surface area (Å²) in [5.74, 6) is 1.78. The fourth-order valence-corrected chi connectivity index (χ4v) is 9.15. The first kappa shape index (κ1) is 33.6. The average molecular weight is 702 g/mol. The Balaban J connectivity index is 1.50. The Morgan fingerprint density at radius 1 is 0.704 bits per heavy atom. The van der Waals surface area contributed by atoms with E-state index in [1.807, 2.05) is 12.2 Å². The summed E-state index contributed by atoms with van der Waals surface area (Å²) in [6, 6.07) is 43.0. The van der Waals surface area contributed by atoms with Crippen LogP contribution in [0.5, 0.6) is 11.5 Å². The molecule has 0 aromatic heterocycles. The molecule has 54 heavy (non-hydrogen) atoms. The molecule has 3 heteroatoms. The molecular weight excluding hydrogens is 657 g/mol. The van der Waals surface area contributed by atoms with Gasteiger partial charge in [-0.25, -0.2) is 4.58 Å². The molecule has 264 valence electrons. The zero-order chi connectivity index (χ0) is 37.0. The molecule has 0 N–H and O–H groups in total. The summed E-state index contributed by atoms with van der Waals surface area (Å²) in [6.07, 6.45) is 10.9. The van der Waals surface area contributed by atoms with Gasteiger partial charge in [0.25, 0.3) is 0 Å². The van der Waals surface area contributed by atoms with Crippen LogP contribution in [0.3, 0.4) is 0 Å². The third kappa shape index (κ3) is 5.06. The number of allylic oxidation sites excluding steroid dienone is 1. The standard InChI is InChI=1S/C51H45N2O/c1-6-26-52(8-3)39-24-22-35-30-42-46(32-37(35)28-39)51(44-18-12-14-20-48(44)54-49-21-15-13-19-45(49)51)47-33-38-29-40(53(9-4)27-7-2)25-23-36(38)31-43(47)50(42)41-17-11-10-16-34(41)5/h6-7,10-25,28-33H,1-2,8-9,26-27H2,3-5H3/q+1. The number of aryl methyl sites for hydroxylation is 1. The summed E-state index contributed by atoms with van der Waals surface area (Å²) in [5, 5.41) is 4.90. The van der Waals surface area contributed by atoms with Gasteiger partial charge < -0.3 is 9.64 Å². The minimum Gasteiger partial charge on any atom is -0.457 e. The molecule has 0 radical (unpaired) electrons. The number of benzene rings is 6. The Kier molecular flexibility index (Phi) is 8.31. The van der Waals surface area contributed by atoms with Crippen molar-refractivity contribution in [3.63, 3.8) is 0 Å². The first-order chi connectivity index (χ1) is 26.5. The molecule has 0 unspecified atom stereocenters. The largest absolute Gasteiger partial charge is 0.457 e. The summed E-state index contributed by atoms with van der Waals surface area (Å²) >= 11 is 0. The molecule has 0 amide bonds. The van der Waals surface area contributed by atoms with Gasteiger partial charge in [-0.2, -0.15) is 0 Å². The molecule has 1 heterocycles. The van der Waals surface area contributed by atoms with E-state index in [9.17, 15) is 0 Å². The first-order valence-electron chi connectivity index (χ1n) is 19.2. The molecule has 0 bridgehead atoms. The lowest BCUT2D eigenvalue weighted by atomic mass is 9.58. The third-order valence-corrected chi connectivity index (χ3v) is 11.7. The summed E-state index contributed by atoms with van der Waals surface area (Å²) in [6.45, 7) is 18.1. The van der Waals surface area contributed by atoms with Crippen LogP contribution >= 0.6 is 0 Å². The lowest BCUT2D eigenvalue weighted by molar-refractivity contribution is -0.511. The van der Waals surface area contributed by atoms with Gasteiger partial charge in [0.1, 0.15) is 18.0 Å². The number of para-hydroxylation sites is 2. The summed E-state index contributed by atoms with van der Waals surface area (Å²) < 4.78 is 9.16. The lowest BCUT2D eigenvalue weighted by Gasteiger charge is -2.45. The Morgan fingerprint density at radius 2 is 1.44 bits per heavy atom. The van der Waals surface area contributed by atoms with Gasteiger partial charge in [-0.15, -0.1) is 6.58 Å². The molecule has 0 atom stereocenters. The highest BCUT2D eigenvalue weighted by molar-refractivity contribution is 6.17. The van der Waals surface area contributed by atoms with Crippen LogP contribution in [0.25, 0.3) is 28.5 Å². The van der Waals surface area contributed by atoms with Crippen LogP contribution in [-0.2, 0) is 5.41 Å². The van der Waals surface area contributed by atoms with E-state index in [0.717, 1.165) is 48.8 Å². The highest BCUT2D eigenvalue weighted by Crippen LogP contribution is 2.57. The molecule has 6 aromatic rings. The molecule has 0 saturated carbocycles. The Labute approximate surface area is 318 Å². The number of fused-ring (bicyclic) bond motifs is 10. The van der Waals surface area contributed by atoms with Crippen LogP contribution < -0.4 is 20.1 Å². The lowest BCUT2D eigenvalue weighted by Crippen LogP contribution is -2.44. The van der Waals surface area contributed by atoms with E-state index < -0.39 is 5.41 Å². The SMILES string of the molecule is C=CCN(CC)c1ccc2cc3c(cc2c1)C1(c2ccccc2Oc2ccccc21)c1cc2c(cc1=C3c1ccccc1C)C=CC(=[N+](CC)CC=C)C=2. The highest BCUT2D eigenvalue weighted by atomic mass is 16.5. The molecule has 2 aliphatic carbocycles. The maximum Gasteiger partial charge on any atom is 0.200 e. The van der Waals surface area contributed by atoms with Gasteiger partial charge in [-0.05, 0) is 142 Å². The fourth-order valence-electron chi connectivity index (χ4n) is 9.15. The highest BCUT2D eigenvalue weighted by Gasteiger charge is 2.49. The Bertz CT molecular complexity index is 2680. The zero-order valence-electron chi connectivity index (χ0n) is 31.4. The minimum atomic E-state index is -0.659. The summed E-state index contributed by atoms with van der Waals surface area (Å²) in [4.78, 5) is 2.37. The van der Waals surface area contributed by atoms with Crippen molar-refractivity contribution in [2.75, 3.05) is 31.1 Å². The molecule has 0 saturated heterocycles. The van der Waals surface area contributed by atoms with Crippen molar-refractivity contribution in [2.24, 2.45) is 0 Å². The van der Waals surface area contributed by atoms with Crippen molar-refractivity contribution in [3.8, 4) is 11.5 Å². The van der Waals surface area contributed by atoms with Crippen LogP contribution in [-0.4, -0.2) is 36.5 Å². The smallest absolute Gasteiger partial charge is 0.200 e. The van der Waals surface area contributed by atoms with Crippen molar-refractivity contribution in [2.45, 2.75) is 26.2 Å². The number of hydrogen-bond acceptors (Lipinski definition) is 2. The number of anilines is 1. The van der Waals surface area contributed by atoms with Crippen LogP contribution in [0.4, 0.5) is 5.69 Å².